The molecule has 3 aromatic carbocycles. The summed E-state index contributed by atoms with van der Waals surface area (Å²) in [4.78, 5) is 0. The first-order valence-corrected chi connectivity index (χ1v) is 6.87. The molecule has 0 fully saturated rings. The molecule has 3 rings (SSSR count). The Hall–Kier alpha value is -2.52. The number of hydrogen-bond acceptors (Lipinski definition) is 2. The van der Waals surface area contributed by atoms with E-state index in [9.17, 15) is 0 Å². The van der Waals surface area contributed by atoms with Crippen molar-refractivity contribution in [1.82, 2.24) is 0 Å². The Morgan fingerprint density at radius 1 is 0.619 bits per heavy atom. The van der Waals surface area contributed by atoms with E-state index in [-0.39, 0.29) is 7.69 Å². The molecule has 0 heterocycles. The van der Waals surface area contributed by atoms with Crippen LogP contribution in [0.4, 0.5) is 0 Å². The smallest absolute Gasteiger partial charge is 0.504 e. The summed E-state index contributed by atoms with van der Waals surface area (Å²) in [6, 6.07) is 26.3. The van der Waals surface area contributed by atoms with E-state index in [1.165, 1.54) is 11.1 Å². The summed E-state index contributed by atoms with van der Waals surface area (Å²) in [5.74, 6) is 0.687. The Bertz CT molecular complexity index is 709. The molecule has 0 atom stereocenters. The second-order valence-electron chi connectivity index (χ2n) is 4.71. The molecule has 0 radical (unpaired) electrons. The molecule has 0 aliphatic heterocycles. The minimum atomic E-state index is -0.320. The van der Waals surface area contributed by atoms with E-state index in [0.29, 0.717) is 5.75 Å². The topological polar surface area (TPSA) is 29.5 Å². The fourth-order valence-electron chi connectivity index (χ4n) is 2.37. The number of para-hydroxylation sites is 1. The lowest BCUT2D eigenvalue weighted by molar-refractivity contribution is 0.455. The van der Waals surface area contributed by atoms with Crippen molar-refractivity contribution in [1.29, 1.82) is 0 Å². The highest BCUT2D eigenvalue weighted by atomic mass is 16.5. The van der Waals surface area contributed by atoms with Crippen molar-refractivity contribution in [3.63, 3.8) is 0 Å². The van der Waals surface area contributed by atoms with Crippen LogP contribution in [0.1, 0.15) is 0 Å². The van der Waals surface area contributed by atoms with Crippen molar-refractivity contribution in [2.45, 2.75) is 0 Å². The predicted molar refractivity (Wildman–Crippen MR) is 87.3 cm³/mol. The van der Waals surface area contributed by atoms with Crippen LogP contribution in [0.25, 0.3) is 22.3 Å². The van der Waals surface area contributed by atoms with Crippen molar-refractivity contribution >= 4 is 7.69 Å². The predicted octanol–water partition coefficient (Wildman–Crippen LogP) is 3.66. The maximum absolute atomic E-state index is 8.96. The minimum Gasteiger partial charge on any atom is -0.538 e. The van der Waals surface area contributed by atoms with Crippen LogP contribution in [-0.4, -0.2) is 12.7 Å². The summed E-state index contributed by atoms with van der Waals surface area (Å²) in [6.45, 7) is 0. The van der Waals surface area contributed by atoms with E-state index in [4.69, 9.17) is 9.68 Å². The monoisotopic (exact) mass is 274 g/mol. The molecule has 0 aliphatic carbocycles. The first-order chi connectivity index (χ1) is 10.4. The van der Waals surface area contributed by atoms with Gasteiger partial charge in [-0.2, -0.15) is 0 Å². The highest BCUT2D eigenvalue weighted by molar-refractivity contribution is 6.17. The fraction of sp³-hybridized carbons (Fsp3) is 0. The quantitative estimate of drug-likeness (QED) is 0.736. The average molecular weight is 274 g/mol. The average Bonchev–Trinajstić information content (AvgIpc) is 2.57. The van der Waals surface area contributed by atoms with E-state index < -0.39 is 0 Å². The van der Waals surface area contributed by atoms with Crippen molar-refractivity contribution < 1.29 is 9.68 Å². The van der Waals surface area contributed by atoms with E-state index in [2.05, 4.69) is 36.4 Å². The second kappa shape index (κ2) is 6.29. The number of hydrogen-bond donors (Lipinski definition) is 1. The van der Waals surface area contributed by atoms with Gasteiger partial charge in [-0.1, -0.05) is 72.8 Å². The molecule has 3 heteroatoms. The molecule has 0 aliphatic rings. The van der Waals surface area contributed by atoms with Gasteiger partial charge in [-0.3, -0.25) is 0 Å². The van der Waals surface area contributed by atoms with Gasteiger partial charge in [0.15, 0.2) is 0 Å². The second-order valence-corrected chi connectivity index (χ2v) is 4.71. The lowest BCUT2D eigenvalue weighted by Crippen LogP contribution is -2.00. The Morgan fingerprint density at radius 3 is 1.90 bits per heavy atom. The van der Waals surface area contributed by atoms with Crippen LogP contribution in [0.15, 0.2) is 78.9 Å². The van der Waals surface area contributed by atoms with E-state index in [0.717, 1.165) is 11.1 Å². The summed E-state index contributed by atoms with van der Waals surface area (Å²) < 4.78 is 5.26. The molecule has 2 nitrogen and oxygen atoms in total. The van der Waals surface area contributed by atoms with E-state index in [1.54, 1.807) is 0 Å². The van der Waals surface area contributed by atoms with Gasteiger partial charge in [0.25, 0.3) is 0 Å². The van der Waals surface area contributed by atoms with E-state index >= 15 is 0 Å². The molecular formula is C18H15BO2. The van der Waals surface area contributed by atoms with Crippen molar-refractivity contribution in [3.05, 3.63) is 78.9 Å². The van der Waals surface area contributed by atoms with E-state index in [1.807, 2.05) is 42.5 Å². The summed E-state index contributed by atoms with van der Waals surface area (Å²) >= 11 is 0. The standard InChI is InChI=1S/C18H15BO2/c20-19-21-18-9-5-4-8-17(18)16-12-10-15(11-13-16)14-6-2-1-3-7-14/h1-13,19-20H. The van der Waals surface area contributed by atoms with Gasteiger partial charge < -0.3 is 9.68 Å². The third-order valence-electron chi connectivity index (χ3n) is 3.41. The lowest BCUT2D eigenvalue weighted by atomic mass is 10.00. The van der Waals surface area contributed by atoms with Crippen LogP contribution in [0, 0.1) is 0 Å². The zero-order chi connectivity index (χ0) is 14.5. The Labute approximate surface area is 125 Å². The molecule has 0 unspecified atom stereocenters. The zero-order valence-corrected chi connectivity index (χ0v) is 11.6. The maximum atomic E-state index is 8.96. The molecule has 0 bridgehead atoms. The summed E-state index contributed by atoms with van der Waals surface area (Å²) in [6.07, 6.45) is 0. The molecule has 21 heavy (non-hydrogen) atoms. The van der Waals surface area contributed by atoms with Gasteiger partial charge in [0, 0.05) is 5.56 Å². The van der Waals surface area contributed by atoms with Crippen LogP contribution >= 0.6 is 0 Å². The molecule has 0 spiro atoms. The molecular weight excluding hydrogens is 259 g/mol. The highest BCUT2D eigenvalue weighted by Crippen LogP contribution is 2.31. The van der Waals surface area contributed by atoms with Crippen LogP contribution in [0.5, 0.6) is 5.75 Å². The molecule has 0 saturated heterocycles. The zero-order valence-electron chi connectivity index (χ0n) is 11.6. The van der Waals surface area contributed by atoms with Gasteiger partial charge in [-0.15, -0.1) is 0 Å². The summed E-state index contributed by atoms with van der Waals surface area (Å²) in [7, 11) is -0.320. The summed E-state index contributed by atoms with van der Waals surface area (Å²) in [5, 5.41) is 8.96. The van der Waals surface area contributed by atoms with Gasteiger partial charge in [-0.05, 0) is 22.8 Å². The van der Waals surface area contributed by atoms with Gasteiger partial charge >= 0.3 is 7.69 Å². The van der Waals surface area contributed by atoms with Gasteiger partial charge in [0.05, 0.1) is 0 Å². The van der Waals surface area contributed by atoms with Crippen LogP contribution in [0.2, 0.25) is 0 Å². The summed E-state index contributed by atoms with van der Waals surface area (Å²) in [5.41, 5.74) is 4.42. The van der Waals surface area contributed by atoms with Crippen molar-refractivity contribution in [2.24, 2.45) is 0 Å². The molecule has 1 N–H and O–H groups in total. The maximum Gasteiger partial charge on any atom is 0.504 e. The number of benzene rings is 3. The first-order valence-electron chi connectivity index (χ1n) is 6.87. The third-order valence-corrected chi connectivity index (χ3v) is 3.41. The first kappa shape index (κ1) is 13.5. The largest absolute Gasteiger partial charge is 0.538 e. The Kier molecular flexibility index (Phi) is 4.03. The van der Waals surface area contributed by atoms with Gasteiger partial charge in [-0.25, -0.2) is 0 Å². The Morgan fingerprint density at radius 2 is 1.19 bits per heavy atom. The highest BCUT2D eigenvalue weighted by Gasteiger charge is 2.06. The molecule has 0 saturated carbocycles. The van der Waals surface area contributed by atoms with Gasteiger partial charge in [0.1, 0.15) is 5.75 Å². The molecule has 0 aromatic heterocycles. The van der Waals surface area contributed by atoms with Crippen LogP contribution in [-0.2, 0) is 0 Å². The minimum absolute atomic E-state index is 0.320. The molecule has 3 aromatic rings. The van der Waals surface area contributed by atoms with Crippen molar-refractivity contribution in [2.75, 3.05) is 0 Å². The normalized spacial score (nSPS) is 10.1. The fourth-order valence-corrected chi connectivity index (χ4v) is 2.37. The number of rotatable bonds is 4. The third kappa shape index (κ3) is 2.98. The lowest BCUT2D eigenvalue weighted by Gasteiger charge is -2.10. The van der Waals surface area contributed by atoms with Crippen molar-refractivity contribution in [3.8, 4) is 28.0 Å². The van der Waals surface area contributed by atoms with Crippen LogP contribution < -0.4 is 4.65 Å². The van der Waals surface area contributed by atoms with Gasteiger partial charge in [0.2, 0.25) is 0 Å². The molecule has 102 valence electrons. The molecule has 0 amide bonds. The Balaban J connectivity index is 1.95. The SMILES string of the molecule is OBOc1ccccc1-c1ccc(-c2ccccc2)cc1. The van der Waals surface area contributed by atoms with Crippen LogP contribution in [0.3, 0.4) is 0 Å².